The largest absolute Gasteiger partial charge is 0.467 e. The molecule has 0 saturated heterocycles. The average Bonchev–Trinajstić information content (AvgIpc) is 2.64. The Morgan fingerprint density at radius 3 is 2.31 bits per heavy atom. The minimum Gasteiger partial charge on any atom is -0.467 e. The van der Waals surface area contributed by atoms with Gasteiger partial charge < -0.3 is 20.1 Å². The summed E-state index contributed by atoms with van der Waals surface area (Å²) in [5.41, 5.74) is 5.56. The number of hydrazine groups is 1. The molecule has 4 N–H and O–H groups in total. The number of ether oxygens (including phenoxy) is 2. The third-order valence-corrected chi connectivity index (χ3v) is 3.36. The summed E-state index contributed by atoms with van der Waals surface area (Å²) in [6.45, 7) is 3.13. The van der Waals surface area contributed by atoms with E-state index in [1.807, 2.05) is 30.3 Å². The number of hydrogen-bond donors (Lipinski definition) is 4. The summed E-state index contributed by atoms with van der Waals surface area (Å²) in [4.78, 5) is 34.9. The highest BCUT2D eigenvalue weighted by Crippen LogP contribution is 2.00. The molecule has 10 heteroatoms. The molecular formula is C16H22N4O5S. The lowest BCUT2D eigenvalue weighted by Gasteiger charge is -2.18. The summed E-state index contributed by atoms with van der Waals surface area (Å²) in [6.07, 6.45) is -0.725. The van der Waals surface area contributed by atoms with Gasteiger partial charge in [0.2, 0.25) is 0 Å². The lowest BCUT2D eigenvalue weighted by molar-refractivity contribution is -0.142. The van der Waals surface area contributed by atoms with E-state index >= 15 is 0 Å². The van der Waals surface area contributed by atoms with Gasteiger partial charge >= 0.3 is 12.1 Å². The van der Waals surface area contributed by atoms with Crippen LogP contribution < -0.4 is 21.5 Å². The number of rotatable bonds is 6. The number of carbonyl (C=O) groups is 3. The fourth-order valence-electron chi connectivity index (χ4n) is 1.70. The predicted octanol–water partition coefficient (Wildman–Crippen LogP) is 0.358. The summed E-state index contributed by atoms with van der Waals surface area (Å²) in [5.74, 6) is -1.05. The van der Waals surface area contributed by atoms with E-state index in [4.69, 9.17) is 17.0 Å². The highest BCUT2D eigenvalue weighted by Gasteiger charge is 2.18. The maximum Gasteiger partial charge on any atom is 0.408 e. The van der Waals surface area contributed by atoms with Gasteiger partial charge in [-0.3, -0.25) is 15.6 Å². The number of thiocarbonyl (C=S) groups is 1. The Morgan fingerprint density at radius 1 is 1.04 bits per heavy atom. The van der Waals surface area contributed by atoms with Gasteiger partial charge in [-0.15, -0.1) is 0 Å². The summed E-state index contributed by atoms with van der Waals surface area (Å²) < 4.78 is 9.56. The number of esters is 1. The molecule has 9 nitrogen and oxygen atoms in total. The first-order valence-corrected chi connectivity index (χ1v) is 8.15. The van der Waals surface area contributed by atoms with Crippen molar-refractivity contribution in [2.45, 2.75) is 32.5 Å². The van der Waals surface area contributed by atoms with Gasteiger partial charge in [-0.2, -0.15) is 0 Å². The summed E-state index contributed by atoms with van der Waals surface area (Å²) in [5, 5.41) is 5.04. The zero-order valence-corrected chi connectivity index (χ0v) is 15.5. The van der Waals surface area contributed by atoms with Crippen LogP contribution in [-0.2, 0) is 25.7 Å². The van der Waals surface area contributed by atoms with Crippen LogP contribution in [0.25, 0.3) is 0 Å². The van der Waals surface area contributed by atoms with E-state index in [1.165, 1.54) is 14.0 Å². The maximum atomic E-state index is 11.9. The van der Waals surface area contributed by atoms with Crippen LogP contribution in [0.2, 0.25) is 0 Å². The average molecular weight is 382 g/mol. The van der Waals surface area contributed by atoms with Crippen LogP contribution in [-0.4, -0.2) is 42.3 Å². The van der Waals surface area contributed by atoms with Crippen molar-refractivity contribution in [2.75, 3.05) is 7.11 Å². The Labute approximate surface area is 156 Å². The van der Waals surface area contributed by atoms with E-state index in [9.17, 15) is 14.4 Å². The van der Waals surface area contributed by atoms with Crippen molar-refractivity contribution in [3.8, 4) is 0 Å². The fourth-order valence-corrected chi connectivity index (χ4v) is 1.93. The lowest BCUT2D eigenvalue weighted by Crippen LogP contribution is -2.55. The Kier molecular flexibility index (Phi) is 8.85. The van der Waals surface area contributed by atoms with Crippen LogP contribution >= 0.6 is 12.2 Å². The first-order chi connectivity index (χ1) is 12.3. The van der Waals surface area contributed by atoms with Crippen LogP contribution in [0, 0.1) is 0 Å². The van der Waals surface area contributed by atoms with Gasteiger partial charge in [-0.1, -0.05) is 30.3 Å². The van der Waals surface area contributed by atoms with Crippen molar-refractivity contribution in [2.24, 2.45) is 0 Å². The summed E-state index contributed by atoms with van der Waals surface area (Å²) in [6, 6.07) is 7.60. The number of carbonyl (C=O) groups excluding carboxylic acids is 3. The van der Waals surface area contributed by atoms with Crippen molar-refractivity contribution in [1.29, 1.82) is 0 Å². The van der Waals surface area contributed by atoms with Crippen molar-refractivity contribution >= 4 is 35.3 Å². The van der Waals surface area contributed by atoms with Gasteiger partial charge in [0.1, 0.15) is 18.7 Å². The minimum absolute atomic E-state index is 0.0232. The number of hydrogen-bond acceptors (Lipinski definition) is 6. The monoisotopic (exact) mass is 382 g/mol. The topological polar surface area (TPSA) is 118 Å². The molecule has 0 saturated carbocycles. The van der Waals surface area contributed by atoms with Gasteiger partial charge in [0, 0.05) is 0 Å². The Hall–Kier alpha value is -2.88. The molecule has 0 bridgehead atoms. The number of amides is 2. The number of methoxy groups -OCH3 is 1. The van der Waals surface area contributed by atoms with Crippen molar-refractivity contribution < 1.29 is 23.9 Å². The maximum absolute atomic E-state index is 11.9. The third-order valence-electron chi connectivity index (χ3n) is 3.14. The smallest absolute Gasteiger partial charge is 0.408 e. The van der Waals surface area contributed by atoms with Gasteiger partial charge in [-0.25, -0.2) is 9.59 Å². The second kappa shape index (κ2) is 10.9. The first-order valence-electron chi connectivity index (χ1n) is 7.75. The quantitative estimate of drug-likeness (QED) is 0.316. The highest BCUT2D eigenvalue weighted by molar-refractivity contribution is 7.80. The van der Waals surface area contributed by atoms with Crippen molar-refractivity contribution in [3.05, 3.63) is 35.9 Å². The van der Waals surface area contributed by atoms with Gasteiger partial charge in [0.15, 0.2) is 5.11 Å². The van der Waals surface area contributed by atoms with E-state index < -0.39 is 30.1 Å². The van der Waals surface area contributed by atoms with Gasteiger partial charge in [0.25, 0.3) is 5.91 Å². The van der Waals surface area contributed by atoms with Gasteiger partial charge in [0.05, 0.1) is 7.11 Å². The number of alkyl carbamates (subject to hydrolysis) is 1. The molecule has 0 aliphatic carbocycles. The van der Waals surface area contributed by atoms with E-state index in [0.717, 1.165) is 5.56 Å². The molecule has 1 aromatic rings. The van der Waals surface area contributed by atoms with Crippen LogP contribution in [0.1, 0.15) is 19.4 Å². The van der Waals surface area contributed by atoms with Crippen LogP contribution in [0.15, 0.2) is 30.3 Å². The summed E-state index contributed by atoms with van der Waals surface area (Å²) in [7, 11) is 1.25. The number of benzene rings is 1. The highest BCUT2D eigenvalue weighted by atomic mass is 32.1. The van der Waals surface area contributed by atoms with Crippen molar-refractivity contribution in [3.63, 3.8) is 0 Å². The molecule has 0 heterocycles. The molecule has 2 atom stereocenters. The van der Waals surface area contributed by atoms with Crippen LogP contribution in [0.4, 0.5) is 4.79 Å². The molecule has 1 rings (SSSR count). The second-order valence-electron chi connectivity index (χ2n) is 5.26. The summed E-state index contributed by atoms with van der Waals surface area (Å²) >= 11 is 4.93. The Balaban J connectivity index is 2.30. The van der Waals surface area contributed by atoms with E-state index in [0.29, 0.717) is 0 Å². The number of nitrogens with one attached hydrogen (secondary N) is 4. The lowest BCUT2D eigenvalue weighted by atomic mass is 10.2. The van der Waals surface area contributed by atoms with Crippen molar-refractivity contribution in [1.82, 2.24) is 21.5 Å². The zero-order valence-electron chi connectivity index (χ0n) is 14.7. The SMILES string of the molecule is COC(=O)[C@H](C)NC(=S)NNC(=O)[C@H](C)NC(=O)OCc1ccccc1. The van der Waals surface area contributed by atoms with Crippen LogP contribution in [0.5, 0.6) is 0 Å². The normalized spacial score (nSPS) is 12.1. The molecule has 0 radical (unpaired) electrons. The molecule has 142 valence electrons. The molecule has 0 aromatic heterocycles. The molecule has 0 spiro atoms. The molecular weight excluding hydrogens is 360 g/mol. The molecule has 0 fully saturated rings. The minimum atomic E-state index is -0.869. The van der Waals surface area contributed by atoms with E-state index in [2.05, 4.69) is 26.2 Å². The molecule has 0 aliphatic heterocycles. The zero-order chi connectivity index (χ0) is 19.5. The Bertz CT molecular complexity index is 641. The predicted molar refractivity (Wildman–Crippen MR) is 97.7 cm³/mol. The fraction of sp³-hybridized carbons (Fsp3) is 0.375. The Morgan fingerprint density at radius 2 is 1.69 bits per heavy atom. The first kappa shape index (κ1) is 21.2. The second-order valence-corrected chi connectivity index (χ2v) is 5.67. The van der Waals surface area contributed by atoms with Gasteiger partial charge in [-0.05, 0) is 31.6 Å². The van der Waals surface area contributed by atoms with Crippen LogP contribution in [0.3, 0.4) is 0 Å². The molecule has 0 unspecified atom stereocenters. The molecule has 0 aliphatic rings. The molecule has 26 heavy (non-hydrogen) atoms. The van der Waals surface area contributed by atoms with E-state index in [1.54, 1.807) is 6.92 Å². The standard InChI is InChI=1S/C16H22N4O5S/c1-10(18-16(23)25-9-12-7-5-4-6-8-12)13(21)19-20-15(26)17-11(2)14(22)24-3/h4-8,10-11H,9H2,1-3H3,(H,18,23)(H,19,21)(H2,17,20,26)/t10-,11-/m0/s1. The molecule has 2 amide bonds. The third kappa shape index (κ3) is 7.79. The molecule has 1 aromatic carbocycles. The van der Waals surface area contributed by atoms with E-state index in [-0.39, 0.29) is 11.7 Å².